The number of carbonyl (C=O) groups is 2. The molecule has 1 atom stereocenters. The second kappa shape index (κ2) is 6.12. The molecule has 1 saturated carbocycles. The smallest absolute Gasteiger partial charge is 0.326 e. The van der Waals surface area contributed by atoms with E-state index in [2.05, 4.69) is 10.3 Å². The van der Waals surface area contributed by atoms with Crippen LogP contribution in [0.25, 0.3) is 0 Å². The molecule has 1 amide bonds. The third-order valence-corrected chi connectivity index (χ3v) is 3.74. The number of methoxy groups -OCH3 is 1. The topological polar surface area (TPSA) is 88.5 Å². The van der Waals surface area contributed by atoms with Gasteiger partial charge >= 0.3 is 5.97 Å². The van der Waals surface area contributed by atoms with Gasteiger partial charge in [0, 0.05) is 12.5 Å². The van der Waals surface area contributed by atoms with Crippen LogP contribution in [0.4, 0.5) is 0 Å². The van der Waals surface area contributed by atoms with Gasteiger partial charge in [-0.2, -0.15) is 0 Å². The summed E-state index contributed by atoms with van der Waals surface area (Å²) in [6, 6.07) is -0.826. The number of hydrogen-bond donors (Lipinski definition) is 2. The molecule has 0 aliphatic heterocycles. The lowest BCUT2D eigenvalue weighted by atomic mass is 10.1. The minimum Gasteiger partial charge on any atom is -0.480 e. The van der Waals surface area contributed by atoms with Crippen molar-refractivity contribution in [3.05, 3.63) is 16.1 Å². The van der Waals surface area contributed by atoms with Crippen molar-refractivity contribution in [2.24, 2.45) is 5.92 Å². The zero-order chi connectivity index (χ0) is 13.8. The monoisotopic (exact) mass is 284 g/mol. The number of thiazole rings is 1. The number of aliphatic carboxylic acids is 1. The molecule has 1 aliphatic rings. The Balaban J connectivity index is 1.94. The van der Waals surface area contributed by atoms with Gasteiger partial charge in [-0.15, -0.1) is 11.3 Å². The fraction of sp³-hybridized carbons (Fsp3) is 0.583. The van der Waals surface area contributed by atoms with Crippen molar-refractivity contribution in [1.29, 1.82) is 0 Å². The highest BCUT2D eigenvalue weighted by Crippen LogP contribution is 2.33. The van der Waals surface area contributed by atoms with E-state index in [0.717, 1.165) is 12.8 Å². The highest BCUT2D eigenvalue weighted by molar-refractivity contribution is 7.09. The lowest BCUT2D eigenvalue weighted by Crippen LogP contribution is -2.41. The Labute approximate surface area is 114 Å². The summed E-state index contributed by atoms with van der Waals surface area (Å²) in [6.07, 6.45) is 2.60. The second-order valence-electron chi connectivity index (χ2n) is 4.60. The van der Waals surface area contributed by atoms with Gasteiger partial charge < -0.3 is 15.2 Å². The molecule has 1 aromatic heterocycles. The summed E-state index contributed by atoms with van der Waals surface area (Å²) in [7, 11) is 1.55. The Morgan fingerprint density at radius 2 is 2.37 bits per heavy atom. The third-order valence-electron chi connectivity index (χ3n) is 2.92. The number of nitrogens with zero attached hydrogens (tertiary/aromatic N) is 1. The number of nitrogens with one attached hydrogen (secondary N) is 1. The quantitative estimate of drug-likeness (QED) is 0.787. The molecule has 1 heterocycles. The van der Waals surface area contributed by atoms with Gasteiger partial charge in [0.25, 0.3) is 5.91 Å². The first-order valence-corrected chi connectivity index (χ1v) is 6.95. The van der Waals surface area contributed by atoms with Crippen molar-refractivity contribution in [3.8, 4) is 0 Å². The normalized spacial score (nSPS) is 16.1. The minimum atomic E-state index is -0.993. The number of carboxylic acids is 1. The summed E-state index contributed by atoms with van der Waals surface area (Å²) in [4.78, 5) is 27.1. The molecule has 104 valence electrons. The van der Waals surface area contributed by atoms with Crippen molar-refractivity contribution >= 4 is 23.2 Å². The molecule has 0 aromatic carbocycles. The standard InChI is InChI=1S/C12H16N2O4S/c1-18-5-10-13-9(6-19-10)11(15)14-8(12(16)17)4-7-2-3-7/h6-8H,2-5H2,1H3,(H,14,15)(H,16,17). The number of carbonyl (C=O) groups excluding carboxylic acids is 1. The minimum absolute atomic E-state index is 0.249. The maximum Gasteiger partial charge on any atom is 0.326 e. The van der Waals surface area contributed by atoms with Crippen LogP contribution in [0.1, 0.15) is 34.8 Å². The molecule has 2 N–H and O–H groups in total. The van der Waals surface area contributed by atoms with Gasteiger partial charge in [0.1, 0.15) is 16.7 Å². The van der Waals surface area contributed by atoms with Crippen molar-refractivity contribution in [3.63, 3.8) is 0 Å². The number of hydrogen-bond acceptors (Lipinski definition) is 5. The van der Waals surface area contributed by atoms with Gasteiger partial charge in [-0.25, -0.2) is 9.78 Å². The van der Waals surface area contributed by atoms with Crippen molar-refractivity contribution in [2.75, 3.05) is 7.11 Å². The molecule has 6 nitrogen and oxygen atoms in total. The summed E-state index contributed by atoms with van der Waals surface area (Å²) < 4.78 is 4.92. The third kappa shape index (κ3) is 4.00. The Bertz CT molecular complexity index is 470. The van der Waals surface area contributed by atoms with Gasteiger partial charge in [0.2, 0.25) is 0 Å². The number of carboxylic acid groups (broad SMARTS) is 1. The van der Waals surface area contributed by atoms with Crippen LogP contribution in [0.3, 0.4) is 0 Å². The number of aromatic nitrogens is 1. The Hall–Kier alpha value is -1.47. The first kappa shape index (κ1) is 14.0. The van der Waals surface area contributed by atoms with E-state index in [-0.39, 0.29) is 5.69 Å². The van der Waals surface area contributed by atoms with Crippen LogP contribution in [0.15, 0.2) is 5.38 Å². The molecule has 0 saturated heterocycles. The Kier molecular flexibility index (Phi) is 4.49. The zero-order valence-corrected chi connectivity index (χ0v) is 11.4. The zero-order valence-electron chi connectivity index (χ0n) is 10.6. The van der Waals surface area contributed by atoms with Crippen LogP contribution in [0.2, 0.25) is 0 Å². The van der Waals surface area contributed by atoms with Crippen LogP contribution in [0.5, 0.6) is 0 Å². The Morgan fingerprint density at radius 1 is 1.63 bits per heavy atom. The van der Waals surface area contributed by atoms with E-state index in [4.69, 9.17) is 9.84 Å². The first-order valence-electron chi connectivity index (χ1n) is 6.07. The average Bonchev–Trinajstić information content (AvgIpc) is 3.05. The number of rotatable bonds is 7. The molecule has 19 heavy (non-hydrogen) atoms. The van der Waals surface area contributed by atoms with E-state index in [1.165, 1.54) is 11.3 Å². The maximum absolute atomic E-state index is 11.9. The maximum atomic E-state index is 11.9. The fourth-order valence-corrected chi connectivity index (χ4v) is 2.49. The molecular weight excluding hydrogens is 268 g/mol. The van der Waals surface area contributed by atoms with Crippen LogP contribution in [0, 0.1) is 5.92 Å². The van der Waals surface area contributed by atoms with Crippen molar-refractivity contribution in [2.45, 2.75) is 31.9 Å². The highest BCUT2D eigenvalue weighted by Gasteiger charge is 2.30. The predicted molar refractivity (Wildman–Crippen MR) is 69.1 cm³/mol. The summed E-state index contributed by atoms with van der Waals surface area (Å²) in [5.41, 5.74) is 0.249. The van der Waals surface area contributed by atoms with Gasteiger partial charge in [0.15, 0.2) is 0 Å². The molecule has 1 unspecified atom stereocenters. The summed E-state index contributed by atoms with van der Waals surface area (Å²) >= 11 is 1.32. The molecule has 0 radical (unpaired) electrons. The van der Waals surface area contributed by atoms with Crippen LogP contribution in [-0.4, -0.2) is 35.1 Å². The van der Waals surface area contributed by atoms with Crippen molar-refractivity contribution in [1.82, 2.24) is 10.3 Å². The van der Waals surface area contributed by atoms with Crippen LogP contribution in [-0.2, 0) is 16.1 Å². The summed E-state index contributed by atoms with van der Waals surface area (Å²) in [5.74, 6) is -1.000. The molecule has 0 spiro atoms. The summed E-state index contributed by atoms with van der Waals surface area (Å²) in [6.45, 7) is 0.350. The van der Waals surface area contributed by atoms with E-state index >= 15 is 0 Å². The van der Waals surface area contributed by atoms with E-state index < -0.39 is 17.9 Å². The van der Waals surface area contributed by atoms with E-state index in [1.807, 2.05) is 0 Å². The lowest BCUT2D eigenvalue weighted by Gasteiger charge is -2.12. The van der Waals surface area contributed by atoms with Crippen LogP contribution >= 0.6 is 11.3 Å². The molecule has 0 bridgehead atoms. The molecule has 7 heteroatoms. The first-order chi connectivity index (χ1) is 9.10. The fourth-order valence-electron chi connectivity index (χ4n) is 1.75. The number of ether oxygens (including phenoxy) is 1. The SMILES string of the molecule is COCc1nc(C(=O)NC(CC2CC2)C(=O)O)cs1. The molecular formula is C12H16N2O4S. The van der Waals surface area contributed by atoms with E-state index in [9.17, 15) is 9.59 Å². The van der Waals surface area contributed by atoms with Gasteiger partial charge in [-0.1, -0.05) is 12.8 Å². The molecule has 1 fully saturated rings. The average molecular weight is 284 g/mol. The van der Waals surface area contributed by atoms with Crippen LogP contribution < -0.4 is 5.32 Å². The highest BCUT2D eigenvalue weighted by atomic mass is 32.1. The van der Waals surface area contributed by atoms with Gasteiger partial charge in [-0.05, 0) is 12.3 Å². The second-order valence-corrected chi connectivity index (χ2v) is 5.55. The van der Waals surface area contributed by atoms with E-state index in [0.29, 0.717) is 24.0 Å². The van der Waals surface area contributed by atoms with Crippen molar-refractivity contribution < 1.29 is 19.4 Å². The predicted octanol–water partition coefficient (Wildman–Crippen LogP) is 1.27. The molecule has 1 aromatic rings. The summed E-state index contributed by atoms with van der Waals surface area (Å²) in [5, 5.41) is 13.9. The molecule has 1 aliphatic carbocycles. The van der Waals surface area contributed by atoms with Gasteiger partial charge in [0.05, 0.1) is 6.61 Å². The largest absolute Gasteiger partial charge is 0.480 e. The molecule has 2 rings (SSSR count). The Morgan fingerprint density at radius 3 is 2.95 bits per heavy atom. The van der Waals surface area contributed by atoms with Gasteiger partial charge in [-0.3, -0.25) is 4.79 Å². The lowest BCUT2D eigenvalue weighted by molar-refractivity contribution is -0.139. The van der Waals surface area contributed by atoms with E-state index in [1.54, 1.807) is 12.5 Å². The number of amides is 1.